The molecule has 24 heavy (non-hydrogen) atoms. The van der Waals surface area contributed by atoms with Crippen LogP contribution in [-0.2, 0) is 13.5 Å². The SMILES string of the molecule is CN=c1sc2c(n1C)-c1ccc(Oc3ccc(Cl)cc3)cc1C2.Cl. The van der Waals surface area contributed by atoms with Crippen LogP contribution < -0.4 is 9.54 Å². The Bertz CT molecular complexity index is 958. The fraction of sp³-hybridized carbons (Fsp3) is 0.167. The number of nitrogens with zero attached hydrogens (tertiary/aromatic N) is 2. The number of fused-ring (bicyclic) bond motifs is 3. The van der Waals surface area contributed by atoms with E-state index < -0.39 is 0 Å². The Morgan fingerprint density at radius 3 is 2.54 bits per heavy atom. The minimum Gasteiger partial charge on any atom is -0.457 e. The highest BCUT2D eigenvalue weighted by molar-refractivity contribution is 7.09. The lowest BCUT2D eigenvalue weighted by Crippen LogP contribution is -2.10. The van der Waals surface area contributed by atoms with Gasteiger partial charge in [-0.2, -0.15) is 0 Å². The van der Waals surface area contributed by atoms with Gasteiger partial charge in [-0.1, -0.05) is 11.6 Å². The monoisotopic (exact) mass is 378 g/mol. The predicted molar refractivity (Wildman–Crippen MR) is 102 cm³/mol. The third-order valence-electron chi connectivity index (χ3n) is 4.02. The van der Waals surface area contributed by atoms with Gasteiger partial charge in [0, 0.05) is 36.0 Å². The topological polar surface area (TPSA) is 26.5 Å². The molecule has 1 aromatic heterocycles. The molecule has 0 unspecified atom stereocenters. The molecule has 0 atom stereocenters. The maximum absolute atomic E-state index is 5.93. The Morgan fingerprint density at radius 1 is 1.12 bits per heavy atom. The van der Waals surface area contributed by atoms with Gasteiger partial charge in [0.1, 0.15) is 11.5 Å². The number of aromatic nitrogens is 1. The molecular formula is C18H16Cl2N2OS. The van der Waals surface area contributed by atoms with Gasteiger partial charge in [-0.25, -0.2) is 0 Å². The highest BCUT2D eigenvalue weighted by Crippen LogP contribution is 2.40. The van der Waals surface area contributed by atoms with Crippen molar-refractivity contribution in [2.24, 2.45) is 12.0 Å². The molecule has 1 aliphatic carbocycles. The summed E-state index contributed by atoms with van der Waals surface area (Å²) in [5, 5.41) is 0.709. The fourth-order valence-electron chi connectivity index (χ4n) is 2.98. The van der Waals surface area contributed by atoms with E-state index in [-0.39, 0.29) is 12.4 Å². The summed E-state index contributed by atoms with van der Waals surface area (Å²) < 4.78 is 8.10. The van der Waals surface area contributed by atoms with Crippen molar-refractivity contribution in [3.05, 3.63) is 62.7 Å². The average Bonchev–Trinajstić information content (AvgIpc) is 3.05. The maximum Gasteiger partial charge on any atom is 0.184 e. The Balaban J connectivity index is 0.00000169. The van der Waals surface area contributed by atoms with Gasteiger partial charge in [0.2, 0.25) is 0 Å². The second-order valence-electron chi connectivity index (χ2n) is 5.49. The third kappa shape index (κ3) is 2.86. The Kier molecular flexibility index (Phi) is 4.72. The van der Waals surface area contributed by atoms with Gasteiger partial charge >= 0.3 is 0 Å². The van der Waals surface area contributed by atoms with Crippen LogP contribution in [0, 0.1) is 0 Å². The number of ether oxygens (including phenoxy) is 1. The van der Waals surface area contributed by atoms with Crippen LogP contribution >= 0.6 is 35.3 Å². The van der Waals surface area contributed by atoms with Crippen LogP contribution in [0.1, 0.15) is 10.4 Å². The van der Waals surface area contributed by atoms with Gasteiger partial charge in [0.15, 0.2) is 4.80 Å². The molecule has 1 heterocycles. The lowest BCUT2D eigenvalue weighted by molar-refractivity contribution is 0.482. The van der Waals surface area contributed by atoms with Crippen molar-refractivity contribution in [3.63, 3.8) is 0 Å². The van der Waals surface area contributed by atoms with Gasteiger partial charge in [0.05, 0.1) is 5.69 Å². The predicted octanol–water partition coefficient (Wildman–Crippen LogP) is 5.06. The highest BCUT2D eigenvalue weighted by Gasteiger charge is 2.24. The standard InChI is InChI=1S/C18H15ClN2OS.ClH/c1-20-18-21(2)17-15-8-7-14(9-11(15)10-16(17)23-18)22-13-5-3-12(19)4-6-13;/h3-9H,10H2,1-2H3;1H. The van der Waals surface area contributed by atoms with E-state index in [4.69, 9.17) is 16.3 Å². The van der Waals surface area contributed by atoms with Crippen molar-refractivity contribution in [2.75, 3.05) is 7.05 Å². The van der Waals surface area contributed by atoms with Crippen LogP contribution in [0.5, 0.6) is 11.5 Å². The molecule has 3 nitrogen and oxygen atoms in total. The normalized spacial score (nSPS) is 12.5. The van der Waals surface area contributed by atoms with E-state index in [1.54, 1.807) is 11.3 Å². The molecular weight excluding hydrogens is 363 g/mol. The first kappa shape index (κ1) is 17.1. The molecule has 0 bridgehead atoms. The zero-order chi connectivity index (χ0) is 16.0. The van der Waals surface area contributed by atoms with Crippen LogP contribution in [0.25, 0.3) is 11.3 Å². The first-order valence-electron chi connectivity index (χ1n) is 7.34. The second-order valence-corrected chi connectivity index (χ2v) is 6.99. The molecule has 1 aliphatic rings. The summed E-state index contributed by atoms with van der Waals surface area (Å²) in [5.74, 6) is 1.64. The number of halogens is 2. The van der Waals surface area contributed by atoms with Gasteiger partial charge in [-0.3, -0.25) is 4.99 Å². The van der Waals surface area contributed by atoms with Crippen molar-refractivity contribution in [2.45, 2.75) is 6.42 Å². The minimum absolute atomic E-state index is 0. The zero-order valence-corrected chi connectivity index (χ0v) is 15.6. The van der Waals surface area contributed by atoms with Crippen molar-refractivity contribution >= 4 is 35.3 Å². The third-order valence-corrected chi connectivity index (χ3v) is 5.50. The van der Waals surface area contributed by atoms with Crippen LogP contribution in [0.3, 0.4) is 0 Å². The second kappa shape index (κ2) is 6.63. The summed E-state index contributed by atoms with van der Waals surface area (Å²) in [6, 6.07) is 13.7. The highest BCUT2D eigenvalue weighted by atomic mass is 35.5. The largest absolute Gasteiger partial charge is 0.457 e. The lowest BCUT2D eigenvalue weighted by atomic mass is 10.1. The van der Waals surface area contributed by atoms with Gasteiger partial charge < -0.3 is 9.30 Å². The summed E-state index contributed by atoms with van der Waals surface area (Å²) in [4.78, 5) is 6.76. The van der Waals surface area contributed by atoms with Crippen LogP contribution in [-0.4, -0.2) is 11.6 Å². The molecule has 6 heteroatoms. The molecule has 3 aromatic rings. The number of hydrogen-bond donors (Lipinski definition) is 0. The average molecular weight is 379 g/mol. The number of rotatable bonds is 2. The Labute approximate surface area is 155 Å². The van der Waals surface area contributed by atoms with Crippen molar-refractivity contribution in [1.29, 1.82) is 0 Å². The van der Waals surface area contributed by atoms with E-state index in [0.29, 0.717) is 5.02 Å². The molecule has 0 radical (unpaired) electrons. The number of thiazole rings is 1. The molecule has 0 fully saturated rings. The summed E-state index contributed by atoms with van der Waals surface area (Å²) in [7, 11) is 3.91. The van der Waals surface area contributed by atoms with Gasteiger partial charge in [-0.15, -0.1) is 23.7 Å². The minimum atomic E-state index is 0. The first-order valence-corrected chi connectivity index (χ1v) is 8.53. The van der Waals surface area contributed by atoms with E-state index >= 15 is 0 Å². The summed E-state index contributed by atoms with van der Waals surface area (Å²) >= 11 is 7.66. The molecule has 124 valence electrons. The lowest BCUT2D eigenvalue weighted by Gasteiger charge is -2.09. The Morgan fingerprint density at radius 2 is 1.83 bits per heavy atom. The van der Waals surface area contributed by atoms with Crippen molar-refractivity contribution in [3.8, 4) is 22.8 Å². The quantitative estimate of drug-likeness (QED) is 0.478. The molecule has 2 aromatic carbocycles. The van der Waals surface area contributed by atoms with Crippen LogP contribution in [0.4, 0.5) is 0 Å². The van der Waals surface area contributed by atoms with Gasteiger partial charge in [0.25, 0.3) is 0 Å². The molecule has 0 amide bonds. The van der Waals surface area contributed by atoms with E-state index in [1.165, 1.54) is 21.7 Å². The molecule has 0 N–H and O–H groups in total. The first-order chi connectivity index (χ1) is 11.2. The summed E-state index contributed by atoms with van der Waals surface area (Å²) in [6.07, 6.45) is 0.941. The smallest absolute Gasteiger partial charge is 0.184 e. The molecule has 4 rings (SSSR count). The van der Waals surface area contributed by atoms with E-state index in [9.17, 15) is 0 Å². The molecule has 0 saturated heterocycles. The number of hydrogen-bond acceptors (Lipinski definition) is 3. The van der Waals surface area contributed by atoms with E-state index in [1.807, 2.05) is 37.4 Å². The summed E-state index contributed by atoms with van der Waals surface area (Å²) in [5.41, 5.74) is 3.86. The van der Waals surface area contributed by atoms with Crippen LogP contribution in [0.2, 0.25) is 5.02 Å². The molecule has 0 spiro atoms. The van der Waals surface area contributed by atoms with Crippen molar-refractivity contribution < 1.29 is 4.74 Å². The van der Waals surface area contributed by atoms with E-state index in [0.717, 1.165) is 22.7 Å². The molecule has 0 saturated carbocycles. The summed E-state index contributed by atoms with van der Waals surface area (Å²) in [6.45, 7) is 0. The maximum atomic E-state index is 5.93. The van der Waals surface area contributed by atoms with Gasteiger partial charge in [-0.05, 0) is 48.0 Å². The number of benzene rings is 2. The molecule has 0 aliphatic heterocycles. The fourth-order valence-corrected chi connectivity index (χ4v) is 4.22. The van der Waals surface area contributed by atoms with Crippen LogP contribution in [0.15, 0.2) is 47.5 Å². The zero-order valence-electron chi connectivity index (χ0n) is 13.2. The van der Waals surface area contributed by atoms with E-state index in [2.05, 4.69) is 28.7 Å². The Hall–Kier alpha value is -1.75. The van der Waals surface area contributed by atoms with Crippen molar-refractivity contribution in [1.82, 2.24) is 4.57 Å².